The van der Waals surface area contributed by atoms with Crippen LogP contribution in [0.4, 0.5) is 0 Å². The quantitative estimate of drug-likeness (QED) is 0.790. The van der Waals surface area contributed by atoms with Crippen LogP contribution in [-0.4, -0.2) is 14.2 Å². The summed E-state index contributed by atoms with van der Waals surface area (Å²) < 4.78 is 23.5. The predicted octanol–water partition coefficient (Wildman–Crippen LogP) is 3.96. The Bertz CT molecular complexity index is 634. The van der Waals surface area contributed by atoms with Crippen molar-refractivity contribution in [2.24, 2.45) is 0 Å². The zero-order valence-corrected chi connectivity index (χ0v) is 13.0. The highest BCUT2D eigenvalue weighted by molar-refractivity contribution is 9.09. The zero-order chi connectivity index (χ0) is 13.9. The summed E-state index contributed by atoms with van der Waals surface area (Å²) in [6, 6.07) is 17.1. The maximum Gasteiger partial charge on any atom is 0.178 e. The topological polar surface area (TPSA) is 34.1 Å². The van der Waals surface area contributed by atoms with E-state index in [2.05, 4.69) is 15.9 Å². The van der Waals surface area contributed by atoms with Crippen molar-refractivity contribution >= 4 is 25.8 Å². The van der Waals surface area contributed by atoms with E-state index in [1.807, 2.05) is 42.5 Å². The number of hydrogen-bond donors (Lipinski definition) is 0. The molecule has 2 rings (SSSR count). The lowest BCUT2D eigenvalue weighted by Crippen LogP contribution is -2.03. The van der Waals surface area contributed by atoms with Gasteiger partial charge in [0.05, 0.1) is 15.5 Å². The summed E-state index contributed by atoms with van der Waals surface area (Å²) in [5.41, 5.74) is 2.19. The Labute approximate surface area is 122 Å². The van der Waals surface area contributed by atoms with Gasteiger partial charge in [0.2, 0.25) is 0 Å². The molecular weight excluding hydrogens is 324 g/mol. The summed E-state index contributed by atoms with van der Waals surface area (Å²) in [5, 5.41) is 0. The van der Waals surface area contributed by atoms with E-state index in [4.69, 9.17) is 0 Å². The van der Waals surface area contributed by atoms with Gasteiger partial charge in [-0.05, 0) is 23.3 Å². The second-order valence-corrected chi connectivity index (χ2v) is 7.44. The third kappa shape index (κ3) is 3.25. The molecule has 19 heavy (non-hydrogen) atoms. The van der Waals surface area contributed by atoms with Crippen LogP contribution in [0.5, 0.6) is 0 Å². The Hall–Kier alpha value is -1.13. The van der Waals surface area contributed by atoms with Crippen LogP contribution in [-0.2, 0) is 9.84 Å². The Morgan fingerprint density at radius 1 is 0.947 bits per heavy atom. The van der Waals surface area contributed by atoms with Gasteiger partial charge in [0.15, 0.2) is 9.84 Å². The van der Waals surface area contributed by atoms with Crippen LogP contribution in [0.1, 0.15) is 22.9 Å². The van der Waals surface area contributed by atoms with Crippen molar-refractivity contribution in [3.63, 3.8) is 0 Å². The maximum absolute atomic E-state index is 11.7. The highest BCUT2D eigenvalue weighted by Gasteiger charge is 2.13. The van der Waals surface area contributed by atoms with E-state index in [9.17, 15) is 8.42 Å². The molecule has 0 bridgehead atoms. The monoisotopic (exact) mass is 338 g/mol. The molecule has 2 nitrogen and oxygen atoms in total. The van der Waals surface area contributed by atoms with Crippen LogP contribution in [0.25, 0.3) is 0 Å². The van der Waals surface area contributed by atoms with Crippen LogP contribution < -0.4 is 0 Å². The van der Waals surface area contributed by atoms with Gasteiger partial charge in [0.1, 0.15) is 0 Å². The molecule has 2 aromatic rings. The summed E-state index contributed by atoms with van der Waals surface area (Å²) >= 11 is 3.64. The van der Waals surface area contributed by atoms with Gasteiger partial charge < -0.3 is 0 Å². The second-order valence-electron chi connectivity index (χ2n) is 4.25. The van der Waals surface area contributed by atoms with Gasteiger partial charge in [-0.1, -0.05) is 65.3 Å². The summed E-state index contributed by atoms with van der Waals surface area (Å²) in [6.07, 6.45) is 0. The van der Waals surface area contributed by atoms with Crippen molar-refractivity contribution in [3.05, 3.63) is 65.7 Å². The Kier molecular flexibility index (Phi) is 4.42. The average molecular weight is 339 g/mol. The SMILES string of the molecule is CCS(=O)(=O)c1ccc([C@H](Br)c2ccccc2)cc1. The number of halogens is 1. The van der Waals surface area contributed by atoms with Crippen LogP contribution in [0.3, 0.4) is 0 Å². The molecule has 0 saturated carbocycles. The van der Waals surface area contributed by atoms with E-state index in [0.717, 1.165) is 11.1 Å². The van der Waals surface area contributed by atoms with Crippen LogP contribution in [0, 0.1) is 0 Å². The lowest BCUT2D eigenvalue weighted by Gasteiger charge is -2.11. The summed E-state index contributed by atoms with van der Waals surface area (Å²) in [6.45, 7) is 1.65. The molecule has 1 atom stereocenters. The predicted molar refractivity (Wildman–Crippen MR) is 81.4 cm³/mol. The molecule has 0 fully saturated rings. The fourth-order valence-electron chi connectivity index (χ4n) is 1.83. The first kappa shape index (κ1) is 14.3. The minimum Gasteiger partial charge on any atom is -0.224 e. The largest absolute Gasteiger partial charge is 0.224 e. The smallest absolute Gasteiger partial charge is 0.178 e. The van der Waals surface area contributed by atoms with E-state index >= 15 is 0 Å². The molecule has 0 unspecified atom stereocenters. The van der Waals surface area contributed by atoms with Crippen molar-refractivity contribution < 1.29 is 8.42 Å². The van der Waals surface area contributed by atoms with E-state index in [0.29, 0.717) is 4.90 Å². The van der Waals surface area contributed by atoms with E-state index in [1.54, 1.807) is 19.1 Å². The summed E-state index contributed by atoms with van der Waals surface area (Å²) in [7, 11) is -3.12. The normalized spacial score (nSPS) is 13.2. The lowest BCUT2D eigenvalue weighted by atomic mass is 10.1. The molecule has 0 N–H and O–H groups in total. The van der Waals surface area contributed by atoms with Gasteiger partial charge >= 0.3 is 0 Å². The molecule has 0 amide bonds. The third-order valence-electron chi connectivity index (χ3n) is 3.00. The van der Waals surface area contributed by atoms with Crippen molar-refractivity contribution in [2.75, 3.05) is 5.75 Å². The minimum atomic E-state index is -3.12. The molecule has 0 aromatic heterocycles. The van der Waals surface area contributed by atoms with Crippen LogP contribution in [0.2, 0.25) is 0 Å². The van der Waals surface area contributed by atoms with Gasteiger partial charge in [0, 0.05) is 0 Å². The average Bonchev–Trinajstić information content (AvgIpc) is 2.47. The number of alkyl halides is 1. The van der Waals surface area contributed by atoms with Crippen LogP contribution >= 0.6 is 15.9 Å². The summed E-state index contributed by atoms with van der Waals surface area (Å²) in [5.74, 6) is 0.128. The molecule has 2 aromatic carbocycles. The second kappa shape index (κ2) is 5.88. The number of sulfone groups is 1. The molecule has 0 aliphatic rings. The van der Waals surface area contributed by atoms with Gasteiger partial charge in [-0.2, -0.15) is 0 Å². The maximum atomic E-state index is 11.7. The van der Waals surface area contributed by atoms with Crippen molar-refractivity contribution in [2.45, 2.75) is 16.6 Å². The molecule has 0 spiro atoms. The fraction of sp³-hybridized carbons (Fsp3) is 0.200. The number of benzene rings is 2. The first-order valence-electron chi connectivity index (χ1n) is 6.06. The standard InChI is InChI=1S/C15H15BrO2S/c1-2-19(17,18)14-10-8-13(9-11-14)15(16)12-6-4-3-5-7-12/h3-11,15H,2H2,1H3/t15-/m1/s1. The van der Waals surface area contributed by atoms with Crippen LogP contribution in [0.15, 0.2) is 59.5 Å². The van der Waals surface area contributed by atoms with Crippen molar-refractivity contribution in [1.29, 1.82) is 0 Å². The molecule has 0 aliphatic heterocycles. The highest BCUT2D eigenvalue weighted by Crippen LogP contribution is 2.31. The fourth-order valence-corrected chi connectivity index (χ4v) is 3.32. The van der Waals surface area contributed by atoms with Gasteiger partial charge in [0.25, 0.3) is 0 Å². The lowest BCUT2D eigenvalue weighted by molar-refractivity contribution is 0.597. The first-order valence-corrected chi connectivity index (χ1v) is 8.63. The molecule has 0 saturated heterocycles. The molecular formula is C15H15BrO2S. The molecule has 0 aliphatic carbocycles. The molecule has 4 heteroatoms. The van der Waals surface area contributed by atoms with Crippen molar-refractivity contribution in [1.82, 2.24) is 0 Å². The van der Waals surface area contributed by atoms with Gasteiger partial charge in [-0.3, -0.25) is 0 Å². The minimum absolute atomic E-state index is 0.0760. The highest BCUT2D eigenvalue weighted by atomic mass is 79.9. The van der Waals surface area contributed by atoms with E-state index in [1.165, 1.54) is 0 Å². The first-order chi connectivity index (χ1) is 9.04. The Balaban J connectivity index is 2.29. The molecule has 0 radical (unpaired) electrons. The Morgan fingerprint density at radius 2 is 1.47 bits per heavy atom. The van der Waals surface area contributed by atoms with Gasteiger partial charge in [-0.15, -0.1) is 0 Å². The van der Waals surface area contributed by atoms with Crippen molar-refractivity contribution in [3.8, 4) is 0 Å². The molecule has 0 heterocycles. The zero-order valence-electron chi connectivity index (χ0n) is 10.6. The Morgan fingerprint density at radius 3 is 2.00 bits per heavy atom. The van der Waals surface area contributed by atoms with E-state index in [-0.39, 0.29) is 10.6 Å². The number of rotatable bonds is 4. The van der Waals surface area contributed by atoms with Gasteiger partial charge in [-0.25, -0.2) is 8.42 Å². The summed E-state index contributed by atoms with van der Waals surface area (Å²) in [4.78, 5) is 0.457. The number of hydrogen-bond acceptors (Lipinski definition) is 2. The third-order valence-corrected chi connectivity index (χ3v) is 5.81. The molecule has 100 valence electrons. The van der Waals surface area contributed by atoms with E-state index < -0.39 is 9.84 Å².